The molecule has 3 rings (SSSR count). The number of nitrogens with one attached hydrogen (secondary N) is 1. The van der Waals surface area contributed by atoms with Crippen molar-refractivity contribution < 1.29 is 23.8 Å². The Labute approximate surface area is 177 Å². The zero-order chi connectivity index (χ0) is 22.1. The van der Waals surface area contributed by atoms with Gasteiger partial charge in [-0.15, -0.1) is 0 Å². The maximum atomic E-state index is 13.3. The predicted octanol–water partition coefficient (Wildman–Crippen LogP) is 4.04. The molecule has 1 N–H and O–H groups in total. The van der Waals surface area contributed by atoms with E-state index in [1.165, 1.54) is 6.08 Å². The van der Waals surface area contributed by atoms with Crippen LogP contribution in [-0.4, -0.2) is 32.6 Å². The number of allylic oxidation sites excluding steroid dienone is 3. The molecule has 0 fully saturated rings. The molecule has 0 radical (unpaired) electrons. The summed E-state index contributed by atoms with van der Waals surface area (Å²) in [7, 11) is 3.15. The zero-order valence-electron chi connectivity index (χ0n) is 18.3. The van der Waals surface area contributed by atoms with Gasteiger partial charge in [-0.1, -0.05) is 26.5 Å². The number of hydrogen-bond donors (Lipinski definition) is 1. The van der Waals surface area contributed by atoms with Crippen molar-refractivity contribution in [3.05, 3.63) is 59.0 Å². The van der Waals surface area contributed by atoms with E-state index in [1.54, 1.807) is 26.4 Å². The van der Waals surface area contributed by atoms with E-state index in [4.69, 9.17) is 14.2 Å². The summed E-state index contributed by atoms with van der Waals surface area (Å²) >= 11 is 0. The molecule has 1 aliphatic carbocycles. The molecule has 2 aliphatic rings. The number of ketones is 1. The Hall–Kier alpha value is -3.02. The van der Waals surface area contributed by atoms with Gasteiger partial charge in [0.25, 0.3) is 0 Å². The highest BCUT2D eigenvalue weighted by molar-refractivity contribution is 6.04. The van der Waals surface area contributed by atoms with Crippen molar-refractivity contribution in [3.63, 3.8) is 0 Å². The molecular formula is C24H29NO5. The van der Waals surface area contributed by atoms with Gasteiger partial charge in [0.1, 0.15) is 18.1 Å². The molecule has 1 unspecified atom stereocenters. The van der Waals surface area contributed by atoms with Crippen LogP contribution in [0.5, 0.6) is 11.5 Å². The van der Waals surface area contributed by atoms with Crippen LogP contribution in [0.15, 0.2) is 53.4 Å². The van der Waals surface area contributed by atoms with E-state index in [0.29, 0.717) is 46.7 Å². The highest BCUT2D eigenvalue weighted by Crippen LogP contribution is 2.49. The summed E-state index contributed by atoms with van der Waals surface area (Å²) in [6.45, 7) is 9.68. The topological polar surface area (TPSA) is 73.9 Å². The third kappa shape index (κ3) is 3.99. The van der Waals surface area contributed by atoms with Gasteiger partial charge < -0.3 is 19.5 Å². The summed E-state index contributed by atoms with van der Waals surface area (Å²) in [5, 5.41) is 3.32. The van der Waals surface area contributed by atoms with E-state index in [2.05, 4.69) is 25.7 Å². The van der Waals surface area contributed by atoms with Crippen LogP contribution in [0.3, 0.4) is 0 Å². The SMILES string of the molecule is C=CCOC(=O)C1=C(C)NC2=C(C(=O)CC(C)(C)C2)C1c1cc(OC)ccc1OC. The van der Waals surface area contributed by atoms with Gasteiger partial charge in [0.05, 0.1) is 25.7 Å². The Morgan fingerprint density at radius 3 is 2.63 bits per heavy atom. The van der Waals surface area contributed by atoms with Gasteiger partial charge in [-0.2, -0.15) is 0 Å². The molecule has 0 spiro atoms. The molecule has 160 valence electrons. The number of ether oxygens (including phenoxy) is 3. The summed E-state index contributed by atoms with van der Waals surface area (Å²) < 4.78 is 16.4. The molecule has 1 aliphatic heterocycles. The summed E-state index contributed by atoms with van der Waals surface area (Å²) in [5.41, 5.74) is 3.05. The van der Waals surface area contributed by atoms with Crippen molar-refractivity contribution in [1.29, 1.82) is 0 Å². The number of dihydropyridines is 1. The summed E-state index contributed by atoms with van der Waals surface area (Å²) in [5.74, 6) is 0.122. The van der Waals surface area contributed by atoms with E-state index >= 15 is 0 Å². The first-order valence-electron chi connectivity index (χ1n) is 9.96. The van der Waals surface area contributed by atoms with Crippen LogP contribution in [0.2, 0.25) is 0 Å². The van der Waals surface area contributed by atoms with Crippen LogP contribution >= 0.6 is 0 Å². The van der Waals surface area contributed by atoms with Crippen LogP contribution in [0.1, 0.15) is 45.1 Å². The van der Waals surface area contributed by atoms with Gasteiger partial charge in [0.15, 0.2) is 5.78 Å². The quantitative estimate of drug-likeness (QED) is 0.563. The lowest BCUT2D eigenvalue weighted by Gasteiger charge is -2.39. The number of benzene rings is 1. The van der Waals surface area contributed by atoms with Crippen molar-refractivity contribution in [2.45, 2.75) is 39.5 Å². The number of Topliss-reactive ketones (excluding diaryl/α,β-unsaturated/α-hetero) is 1. The lowest BCUT2D eigenvalue weighted by Crippen LogP contribution is -2.38. The minimum absolute atomic E-state index is 0.0187. The van der Waals surface area contributed by atoms with E-state index in [9.17, 15) is 9.59 Å². The lowest BCUT2D eigenvalue weighted by atomic mass is 9.68. The largest absolute Gasteiger partial charge is 0.497 e. The second-order valence-corrected chi connectivity index (χ2v) is 8.42. The molecule has 1 atom stereocenters. The third-order valence-corrected chi connectivity index (χ3v) is 5.54. The van der Waals surface area contributed by atoms with Crippen LogP contribution in [0.25, 0.3) is 0 Å². The molecule has 0 saturated carbocycles. The maximum absolute atomic E-state index is 13.3. The number of carbonyl (C=O) groups excluding carboxylic acids is 2. The number of hydrogen-bond acceptors (Lipinski definition) is 6. The Balaban J connectivity index is 2.24. The van der Waals surface area contributed by atoms with Crippen molar-refractivity contribution in [3.8, 4) is 11.5 Å². The number of rotatable bonds is 6. The molecule has 0 amide bonds. The minimum Gasteiger partial charge on any atom is -0.497 e. The fourth-order valence-electron chi connectivity index (χ4n) is 4.30. The van der Waals surface area contributed by atoms with Crippen LogP contribution in [0, 0.1) is 5.41 Å². The smallest absolute Gasteiger partial charge is 0.337 e. The molecule has 1 aromatic rings. The van der Waals surface area contributed by atoms with Gasteiger partial charge in [0.2, 0.25) is 0 Å². The highest BCUT2D eigenvalue weighted by Gasteiger charge is 2.44. The standard InChI is InChI=1S/C24H29NO5/c1-7-10-30-23(27)20-14(2)25-17-12-24(3,4)13-18(26)22(17)21(20)16-11-15(28-5)8-9-19(16)29-6/h7-9,11,21,25H,1,10,12-13H2,2-6H3. The number of carbonyl (C=O) groups is 2. The maximum Gasteiger partial charge on any atom is 0.337 e. The van der Waals surface area contributed by atoms with E-state index in [1.807, 2.05) is 13.0 Å². The average molecular weight is 411 g/mol. The Morgan fingerprint density at radius 1 is 1.27 bits per heavy atom. The monoisotopic (exact) mass is 411 g/mol. The van der Waals surface area contributed by atoms with E-state index < -0.39 is 11.9 Å². The summed E-state index contributed by atoms with van der Waals surface area (Å²) in [6, 6.07) is 5.40. The second kappa shape index (κ2) is 8.38. The van der Waals surface area contributed by atoms with Crippen LogP contribution in [0.4, 0.5) is 0 Å². The fourth-order valence-corrected chi connectivity index (χ4v) is 4.30. The fraction of sp³-hybridized carbons (Fsp3) is 0.417. The highest BCUT2D eigenvalue weighted by atomic mass is 16.5. The van der Waals surface area contributed by atoms with Crippen molar-refractivity contribution in [1.82, 2.24) is 5.32 Å². The van der Waals surface area contributed by atoms with Gasteiger partial charge in [-0.3, -0.25) is 4.79 Å². The lowest BCUT2D eigenvalue weighted by molar-refractivity contribution is -0.138. The first-order valence-corrected chi connectivity index (χ1v) is 9.96. The molecule has 1 aromatic carbocycles. The molecule has 0 saturated heterocycles. The number of methoxy groups -OCH3 is 2. The molecule has 6 nitrogen and oxygen atoms in total. The van der Waals surface area contributed by atoms with Gasteiger partial charge in [-0.25, -0.2) is 4.79 Å². The molecular weight excluding hydrogens is 382 g/mol. The van der Waals surface area contributed by atoms with Crippen LogP contribution < -0.4 is 14.8 Å². The molecule has 6 heteroatoms. The third-order valence-electron chi connectivity index (χ3n) is 5.54. The second-order valence-electron chi connectivity index (χ2n) is 8.42. The Morgan fingerprint density at radius 2 is 2.00 bits per heavy atom. The van der Waals surface area contributed by atoms with Gasteiger partial charge in [0, 0.05) is 29.0 Å². The van der Waals surface area contributed by atoms with E-state index in [-0.39, 0.29) is 17.8 Å². The summed E-state index contributed by atoms with van der Waals surface area (Å²) in [6.07, 6.45) is 2.64. The minimum atomic E-state index is -0.604. The van der Waals surface area contributed by atoms with Crippen LogP contribution in [-0.2, 0) is 14.3 Å². The van der Waals surface area contributed by atoms with Gasteiger partial charge in [-0.05, 0) is 37.0 Å². The zero-order valence-corrected chi connectivity index (χ0v) is 18.3. The summed E-state index contributed by atoms with van der Waals surface area (Å²) in [4.78, 5) is 26.3. The van der Waals surface area contributed by atoms with Gasteiger partial charge >= 0.3 is 5.97 Å². The first kappa shape index (κ1) is 21.7. The molecule has 30 heavy (non-hydrogen) atoms. The van der Waals surface area contributed by atoms with E-state index in [0.717, 1.165) is 5.70 Å². The first-order chi connectivity index (χ1) is 14.2. The Kier molecular flexibility index (Phi) is 6.06. The van der Waals surface area contributed by atoms with Crippen molar-refractivity contribution >= 4 is 11.8 Å². The Bertz CT molecular complexity index is 954. The normalized spacial score (nSPS) is 20.3. The van der Waals surface area contributed by atoms with Crippen molar-refractivity contribution in [2.24, 2.45) is 5.41 Å². The predicted molar refractivity (Wildman–Crippen MR) is 114 cm³/mol. The molecule has 0 aromatic heterocycles. The molecule has 1 heterocycles. The number of esters is 1. The molecule has 0 bridgehead atoms. The average Bonchev–Trinajstić information content (AvgIpc) is 2.69. The van der Waals surface area contributed by atoms with Crippen molar-refractivity contribution in [2.75, 3.05) is 20.8 Å².